The zero-order valence-corrected chi connectivity index (χ0v) is 17.1. The van der Waals surface area contributed by atoms with Gasteiger partial charge in [-0.15, -0.1) is 0 Å². The molecule has 0 radical (unpaired) electrons. The van der Waals surface area contributed by atoms with Gasteiger partial charge in [-0.2, -0.15) is 5.26 Å². The van der Waals surface area contributed by atoms with Crippen LogP contribution in [0.5, 0.6) is 0 Å². The Bertz CT molecular complexity index is 592. The minimum Gasteiger partial charge on any atom is -0.444 e. The molecule has 1 aromatic rings. The summed E-state index contributed by atoms with van der Waals surface area (Å²) in [5, 5.41) is 9.51. The van der Waals surface area contributed by atoms with Crippen molar-refractivity contribution < 1.29 is 19.0 Å². The first-order valence-electron chi connectivity index (χ1n) is 9.34. The number of nitrogens with zero attached hydrogens (tertiary/aromatic N) is 2. The van der Waals surface area contributed by atoms with Gasteiger partial charge < -0.3 is 14.2 Å². The average molecular weight is 376 g/mol. The van der Waals surface area contributed by atoms with Crippen molar-refractivity contribution in [3.05, 3.63) is 35.9 Å². The van der Waals surface area contributed by atoms with Crippen molar-refractivity contribution >= 4 is 6.09 Å². The van der Waals surface area contributed by atoms with E-state index in [0.717, 1.165) is 5.56 Å². The third-order valence-corrected chi connectivity index (χ3v) is 4.00. The molecule has 0 N–H and O–H groups in total. The van der Waals surface area contributed by atoms with Crippen LogP contribution in [0.2, 0.25) is 0 Å². The van der Waals surface area contributed by atoms with Gasteiger partial charge in [-0.3, -0.25) is 4.90 Å². The lowest BCUT2D eigenvalue weighted by Gasteiger charge is -2.30. The highest BCUT2D eigenvalue weighted by atomic mass is 16.6. The van der Waals surface area contributed by atoms with Gasteiger partial charge >= 0.3 is 6.09 Å². The van der Waals surface area contributed by atoms with Crippen molar-refractivity contribution in [1.29, 1.82) is 5.26 Å². The Morgan fingerprint density at radius 1 is 1.22 bits per heavy atom. The fraction of sp³-hybridized carbons (Fsp3) is 0.619. The van der Waals surface area contributed by atoms with Crippen LogP contribution in [-0.2, 0) is 20.8 Å². The van der Waals surface area contributed by atoms with E-state index in [1.54, 1.807) is 7.11 Å². The Hall–Kier alpha value is -2.10. The summed E-state index contributed by atoms with van der Waals surface area (Å²) in [5.74, 6) is 0. The number of hydrogen-bond acceptors (Lipinski definition) is 5. The maximum atomic E-state index is 12.3. The molecule has 1 amide bonds. The summed E-state index contributed by atoms with van der Waals surface area (Å²) in [6.07, 6.45) is 0.507. The van der Waals surface area contributed by atoms with Crippen LogP contribution in [0.3, 0.4) is 0 Å². The Morgan fingerprint density at radius 3 is 2.41 bits per heavy atom. The van der Waals surface area contributed by atoms with E-state index in [0.29, 0.717) is 32.6 Å². The van der Waals surface area contributed by atoms with Crippen LogP contribution < -0.4 is 0 Å². The van der Waals surface area contributed by atoms with Crippen molar-refractivity contribution in [1.82, 2.24) is 4.90 Å². The second-order valence-electron chi connectivity index (χ2n) is 7.35. The normalized spacial score (nSPS) is 13.5. The van der Waals surface area contributed by atoms with Crippen LogP contribution in [0, 0.1) is 11.3 Å². The lowest BCUT2D eigenvalue weighted by atomic mass is 10.1. The molecule has 0 saturated heterocycles. The molecule has 6 nitrogen and oxygen atoms in total. The van der Waals surface area contributed by atoms with E-state index in [2.05, 4.69) is 6.07 Å². The summed E-state index contributed by atoms with van der Waals surface area (Å²) in [6.45, 7) is 8.63. The second-order valence-corrected chi connectivity index (χ2v) is 7.35. The molecular weight excluding hydrogens is 344 g/mol. The molecular formula is C21H32N2O4. The lowest BCUT2D eigenvalue weighted by molar-refractivity contribution is -0.00738. The molecule has 0 heterocycles. The molecule has 0 bridgehead atoms. The number of rotatable bonds is 10. The third kappa shape index (κ3) is 8.89. The molecule has 2 atom stereocenters. The molecule has 0 fully saturated rings. The first-order valence-corrected chi connectivity index (χ1v) is 9.34. The van der Waals surface area contributed by atoms with Crippen molar-refractivity contribution in [3.8, 4) is 6.07 Å². The van der Waals surface area contributed by atoms with E-state index in [9.17, 15) is 10.1 Å². The van der Waals surface area contributed by atoms with Gasteiger partial charge in [0, 0.05) is 13.7 Å². The number of amides is 1. The molecule has 6 heteroatoms. The highest BCUT2D eigenvalue weighted by Crippen LogP contribution is 2.16. The average Bonchev–Trinajstić information content (AvgIpc) is 2.62. The van der Waals surface area contributed by atoms with Crippen LogP contribution in [0.25, 0.3) is 0 Å². The zero-order chi connectivity index (χ0) is 20.3. The minimum absolute atomic E-state index is 0.137. The van der Waals surface area contributed by atoms with Crippen LogP contribution in [-0.4, -0.2) is 49.0 Å². The topological polar surface area (TPSA) is 71.8 Å². The smallest absolute Gasteiger partial charge is 0.411 e. The maximum Gasteiger partial charge on any atom is 0.411 e. The van der Waals surface area contributed by atoms with Gasteiger partial charge in [0.2, 0.25) is 0 Å². The number of ether oxygens (including phenoxy) is 3. The summed E-state index contributed by atoms with van der Waals surface area (Å²) < 4.78 is 16.6. The van der Waals surface area contributed by atoms with E-state index in [1.807, 2.05) is 58.0 Å². The number of hydrogen-bond donors (Lipinski definition) is 0. The molecule has 1 unspecified atom stereocenters. The number of benzene rings is 1. The molecule has 0 aliphatic rings. The van der Waals surface area contributed by atoms with Gasteiger partial charge in [0.25, 0.3) is 0 Å². The van der Waals surface area contributed by atoms with Gasteiger partial charge in [0.15, 0.2) is 0 Å². The first-order chi connectivity index (χ1) is 12.8. The van der Waals surface area contributed by atoms with E-state index in [4.69, 9.17) is 14.2 Å². The first kappa shape index (κ1) is 22.9. The van der Waals surface area contributed by atoms with Crippen LogP contribution in [0.4, 0.5) is 4.79 Å². The van der Waals surface area contributed by atoms with E-state index < -0.39 is 17.7 Å². The van der Waals surface area contributed by atoms with Crippen molar-refractivity contribution in [2.75, 3.05) is 20.3 Å². The molecule has 1 rings (SSSR count). The standard InChI is InChI=1S/C21H32N2O4/c1-6-23(20(24)27-21(2,3)4)18(14-22)12-13-19(25-5)16-26-15-17-10-8-7-9-11-17/h7-11,18-19H,6,12-13,15-16H2,1-5H3/t18?,19-/m1/s1. The predicted octanol–water partition coefficient (Wildman–Crippen LogP) is 4.15. The van der Waals surface area contributed by atoms with Gasteiger partial charge in [-0.25, -0.2) is 4.79 Å². The molecule has 1 aromatic carbocycles. The quantitative estimate of drug-likeness (QED) is 0.613. The fourth-order valence-corrected chi connectivity index (χ4v) is 2.58. The molecule has 0 saturated carbocycles. The summed E-state index contributed by atoms with van der Waals surface area (Å²) in [6, 6.07) is 11.6. The van der Waals surface area contributed by atoms with Crippen LogP contribution >= 0.6 is 0 Å². The third-order valence-electron chi connectivity index (χ3n) is 4.00. The Labute approximate surface area is 163 Å². The number of methoxy groups -OCH3 is 1. The Balaban J connectivity index is 2.51. The number of carbonyl (C=O) groups is 1. The maximum absolute atomic E-state index is 12.3. The summed E-state index contributed by atoms with van der Waals surface area (Å²) in [5.41, 5.74) is 0.509. The van der Waals surface area contributed by atoms with Gasteiger partial charge in [0.1, 0.15) is 11.6 Å². The van der Waals surface area contributed by atoms with Crippen molar-refractivity contribution in [3.63, 3.8) is 0 Å². The van der Waals surface area contributed by atoms with E-state index in [-0.39, 0.29) is 6.10 Å². The molecule has 27 heavy (non-hydrogen) atoms. The van der Waals surface area contributed by atoms with Crippen LogP contribution in [0.15, 0.2) is 30.3 Å². The van der Waals surface area contributed by atoms with Gasteiger partial charge in [-0.1, -0.05) is 30.3 Å². The van der Waals surface area contributed by atoms with Crippen molar-refractivity contribution in [2.24, 2.45) is 0 Å². The SMILES string of the molecule is CCN(C(=O)OC(C)(C)C)C(C#N)CC[C@H](COCc1ccccc1)OC. The van der Waals surface area contributed by atoms with Crippen molar-refractivity contribution in [2.45, 2.75) is 64.9 Å². The zero-order valence-electron chi connectivity index (χ0n) is 17.1. The highest BCUT2D eigenvalue weighted by molar-refractivity contribution is 5.69. The minimum atomic E-state index is -0.592. The molecule has 0 aromatic heterocycles. The lowest BCUT2D eigenvalue weighted by Crippen LogP contribution is -2.43. The predicted molar refractivity (Wildman–Crippen MR) is 104 cm³/mol. The molecule has 0 aliphatic heterocycles. The number of nitriles is 1. The summed E-state index contributed by atoms with van der Waals surface area (Å²) >= 11 is 0. The van der Waals surface area contributed by atoms with Gasteiger partial charge in [-0.05, 0) is 46.1 Å². The largest absolute Gasteiger partial charge is 0.444 e. The summed E-state index contributed by atoms with van der Waals surface area (Å²) in [7, 11) is 1.63. The Kier molecular flexibility index (Phi) is 9.84. The van der Waals surface area contributed by atoms with Crippen LogP contribution in [0.1, 0.15) is 46.1 Å². The van der Waals surface area contributed by atoms with E-state index >= 15 is 0 Å². The monoisotopic (exact) mass is 376 g/mol. The summed E-state index contributed by atoms with van der Waals surface area (Å²) in [4.78, 5) is 13.8. The van der Waals surface area contributed by atoms with E-state index in [1.165, 1.54) is 4.90 Å². The molecule has 0 spiro atoms. The fourth-order valence-electron chi connectivity index (χ4n) is 2.58. The second kappa shape index (κ2) is 11.6. The molecule has 150 valence electrons. The highest BCUT2D eigenvalue weighted by Gasteiger charge is 2.27. The molecule has 0 aliphatic carbocycles. The van der Waals surface area contributed by atoms with Gasteiger partial charge in [0.05, 0.1) is 25.4 Å². The number of carbonyl (C=O) groups excluding carboxylic acids is 1. The Morgan fingerprint density at radius 2 is 1.89 bits per heavy atom.